The first-order valence-electron chi connectivity index (χ1n) is 25.0. The third-order valence-corrected chi connectivity index (χ3v) is 14.0. The molecule has 2 aromatic heterocycles. The standard InChI is InChI=1S/C52H61FN8O12.CH2O2/c1-5-52(69)39-26-42-48-37(29-60(42)50(67)38(39)31-73-51(52)68)36(35-25-43(70-4)40(53)27-41(35)57-48)28-58-17-19-61(3,20-18-58)30-33-8-10-34(11-9-33)56-49(66)32(2)55-45(63)14-21-71-23-24-72-22-15-54-44(62)7-6-16-59-46(64)12-13-47(59)65;2-1-3/h8-13,25-27,32,69H,5-7,14-24,28-31H2,1-4H3,(H2-,54,55,56,62,63,66);1H,(H,2,3)/t32?,52-;/m0./s1. The van der Waals surface area contributed by atoms with Crippen LogP contribution in [0.2, 0.25) is 0 Å². The molecule has 406 valence electrons. The average molecular weight is 1060 g/mol. The van der Waals surface area contributed by atoms with Crippen LogP contribution in [-0.4, -0.2) is 157 Å². The van der Waals surface area contributed by atoms with Gasteiger partial charge in [-0.25, -0.2) is 14.2 Å². The van der Waals surface area contributed by atoms with Gasteiger partial charge in [0, 0.05) is 98.0 Å². The fraction of sp³-hybridized carbons (Fsp3) is 0.453. The fourth-order valence-corrected chi connectivity index (χ4v) is 9.68. The van der Waals surface area contributed by atoms with Crippen LogP contribution in [0.4, 0.5) is 10.1 Å². The monoisotopic (exact) mass is 1050 g/mol. The zero-order chi connectivity index (χ0) is 54.7. The Kier molecular flexibility index (Phi) is 18.5. The van der Waals surface area contributed by atoms with Gasteiger partial charge in [0.15, 0.2) is 17.2 Å². The number of carboxylic acid groups (broad SMARTS) is 1. The molecule has 23 heteroatoms. The largest absolute Gasteiger partial charge is 0.554 e. The lowest BCUT2D eigenvalue weighted by Crippen LogP contribution is -2.56. The third-order valence-electron chi connectivity index (χ3n) is 14.0. The summed E-state index contributed by atoms with van der Waals surface area (Å²) in [4.78, 5) is 104. The number of hydrogen-bond donors (Lipinski definition) is 4. The smallest absolute Gasteiger partial charge is 0.343 e. The predicted molar refractivity (Wildman–Crippen MR) is 269 cm³/mol. The Morgan fingerprint density at radius 1 is 0.974 bits per heavy atom. The fourth-order valence-electron chi connectivity index (χ4n) is 9.68. The van der Waals surface area contributed by atoms with E-state index in [1.54, 1.807) is 30.5 Å². The molecule has 1 fully saturated rings. The van der Waals surface area contributed by atoms with E-state index in [-0.39, 0.29) is 124 Å². The van der Waals surface area contributed by atoms with E-state index in [9.17, 15) is 38.7 Å². The molecule has 4 N–H and O–H groups in total. The second-order valence-electron chi connectivity index (χ2n) is 19.2. The van der Waals surface area contributed by atoms with Crippen LogP contribution in [0, 0.1) is 5.82 Å². The Bertz CT molecular complexity index is 2940. The Morgan fingerprint density at radius 2 is 1.66 bits per heavy atom. The van der Waals surface area contributed by atoms with Gasteiger partial charge in [0.2, 0.25) is 17.7 Å². The molecule has 0 saturated carbocycles. The molecule has 76 heavy (non-hydrogen) atoms. The molecule has 0 bridgehead atoms. The minimum Gasteiger partial charge on any atom is -0.554 e. The lowest BCUT2D eigenvalue weighted by Gasteiger charge is -2.42. The minimum absolute atomic E-state index is 0.0152. The maximum atomic E-state index is 15.2. The van der Waals surface area contributed by atoms with Crippen molar-refractivity contribution < 1.29 is 71.6 Å². The number of carbonyl (C=O) groups excluding carboxylic acids is 7. The van der Waals surface area contributed by atoms with Crippen LogP contribution >= 0.6 is 0 Å². The number of esters is 1. The van der Waals surface area contributed by atoms with Crippen molar-refractivity contribution in [2.24, 2.45) is 0 Å². The highest BCUT2D eigenvalue weighted by atomic mass is 19.1. The number of aromatic nitrogens is 2. The molecular formula is C53H63FN8O14. The number of rotatable bonds is 22. The second kappa shape index (κ2) is 24.9. The first-order chi connectivity index (χ1) is 36.4. The molecule has 1 saturated heterocycles. The lowest BCUT2D eigenvalue weighted by molar-refractivity contribution is -0.926. The zero-order valence-electron chi connectivity index (χ0n) is 42.9. The van der Waals surface area contributed by atoms with Crippen molar-refractivity contribution in [3.8, 4) is 17.1 Å². The number of imide groups is 1. The third kappa shape index (κ3) is 13.0. The molecule has 2 aromatic carbocycles. The summed E-state index contributed by atoms with van der Waals surface area (Å²) in [5, 5.41) is 28.6. The Labute approximate surface area is 437 Å². The number of hydrogen-bond acceptors (Lipinski definition) is 16. The van der Waals surface area contributed by atoms with Crippen molar-refractivity contribution >= 4 is 58.6 Å². The summed E-state index contributed by atoms with van der Waals surface area (Å²) in [6.45, 7) is 8.47. The van der Waals surface area contributed by atoms with E-state index < -0.39 is 29.9 Å². The number of nitrogens with one attached hydrogen (secondary N) is 3. The van der Waals surface area contributed by atoms with Gasteiger partial charge in [-0.2, -0.15) is 0 Å². The molecule has 0 spiro atoms. The number of carbonyl (C=O) groups is 7. The summed E-state index contributed by atoms with van der Waals surface area (Å²) >= 11 is 0. The van der Waals surface area contributed by atoms with E-state index in [2.05, 4.69) is 27.9 Å². The molecule has 5 amide bonds. The summed E-state index contributed by atoms with van der Waals surface area (Å²) < 4.78 is 39.2. The van der Waals surface area contributed by atoms with Crippen molar-refractivity contribution in [2.45, 2.75) is 77.4 Å². The number of methoxy groups -OCH3 is 1. The number of aliphatic hydroxyl groups is 1. The molecule has 22 nitrogen and oxygen atoms in total. The van der Waals surface area contributed by atoms with Crippen molar-refractivity contribution in [3.05, 3.63) is 98.6 Å². The number of amides is 5. The molecule has 4 aliphatic rings. The van der Waals surface area contributed by atoms with E-state index in [1.807, 2.05) is 24.3 Å². The van der Waals surface area contributed by atoms with Crippen molar-refractivity contribution in [1.82, 2.24) is 30.0 Å². The van der Waals surface area contributed by atoms with Crippen LogP contribution in [0.3, 0.4) is 0 Å². The van der Waals surface area contributed by atoms with Gasteiger partial charge in [-0.05, 0) is 49.6 Å². The van der Waals surface area contributed by atoms with E-state index in [1.165, 1.54) is 25.3 Å². The maximum absolute atomic E-state index is 15.2. The number of quaternary nitrogens is 1. The first-order valence-corrected chi connectivity index (χ1v) is 25.0. The van der Waals surface area contributed by atoms with Crippen LogP contribution < -0.4 is 31.4 Å². The van der Waals surface area contributed by atoms with Gasteiger partial charge in [0.1, 0.15) is 19.2 Å². The highest BCUT2D eigenvalue weighted by Crippen LogP contribution is 2.41. The van der Waals surface area contributed by atoms with Gasteiger partial charge < -0.3 is 59.0 Å². The Morgan fingerprint density at radius 3 is 2.33 bits per heavy atom. The molecule has 4 aliphatic heterocycles. The summed E-state index contributed by atoms with van der Waals surface area (Å²) in [6.07, 6.45) is 3.01. The Hall–Kier alpha value is -7.44. The number of cyclic esters (lactones) is 1. The normalized spacial score (nSPS) is 17.7. The number of fused-ring (bicyclic) bond motifs is 5. The van der Waals surface area contributed by atoms with E-state index >= 15 is 4.39 Å². The molecular weight excluding hydrogens is 992 g/mol. The van der Waals surface area contributed by atoms with Crippen molar-refractivity contribution in [3.63, 3.8) is 0 Å². The van der Waals surface area contributed by atoms with Gasteiger partial charge in [-0.1, -0.05) is 19.1 Å². The quantitative estimate of drug-likeness (QED) is 0.0245. The highest BCUT2D eigenvalue weighted by molar-refractivity contribution is 6.12. The number of likely N-dealkylation sites (N-methyl/N-ethyl adjacent to an activating group) is 1. The van der Waals surface area contributed by atoms with Gasteiger partial charge in [0.05, 0.1) is 82.7 Å². The van der Waals surface area contributed by atoms with Gasteiger partial charge >= 0.3 is 5.97 Å². The zero-order valence-corrected chi connectivity index (χ0v) is 42.9. The molecule has 2 atom stereocenters. The van der Waals surface area contributed by atoms with E-state index in [0.717, 1.165) is 58.8 Å². The average Bonchev–Trinajstić information content (AvgIpc) is 3.95. The van der Waals surface area contributed by atoms with Crippen molar-refractivity contribution in [2.75, 3.05) is 85.2 Å². The molecule has 6 heterocycles. The van der Waals surface area contributed by atoms with Crippen LogP contribution in [-0.2, 0) is 79.6 Å². The number of nitrogens with zero attached hydrogens (tertiary/aromatic N) is 5. The predicted octanol–water partition coefficient (Wildman–Crippen LogP) is 0.744. The molecule has 4 aromatic rings. The van der Waals surface area contributed by atoms with E-state index in [4.69, 9.17) is 33.8 Å². The molecule has 0 aliphatic carbocycles. The molecule has 0 radical (unpaired) electrons. The lowest BCUT2D eigenvalue weighted by atomic mass is 9.86. The van der Waals surface area contributed by atoms with Crippen LogP contribution in [0.1, 0.15) is 67.3 Å². The molecule has 1 unspecified atom stereocenters. The number of ether oxygens (including phenoxy) is 4. The van der Waals surface area contributed by atoms with Gasteiger partial charge in [-0.15, -0.1) is 0 Å². The summed E-state index contributed by atoms with van der Waals surface area (Å²) in [5.74, 6) is -2.96. The van der Waals surface area contributed by atoms with E-state index in [0.29, 0.717) is 40.9 Å². The minimum atomic E-state index is -1.98. The van der Waals surface area contributed by atoms with Crippen molar-refractivity contribution in [1.29, 1.82) is 0 Å². The van der Waals surface area contributed by atoms with Gasteiger partial charge in [-0.3, -0.25) is 38.6 Å². The van der Waals surface area contributed by atoms with Crippen LogP contribution in [0.5, 0.6) is 5.75 Å². The Balaban J connectivity index is 0.00000274. The van der Waals surface area contributed by atoms with Crippen LogP contribution in [0.15, 0.2) is 59.4 Å². The topological polar surface area (TPSA) is 277 Å². The summed E-state index contributed by atoms with van der Waals surface area (Å²) in [7, 11) is 3.62. The summed E-state index contributed by atoms with van der Waals surface area (Å²) in [6, 6.07) is 11.5. The number of piperazine rings is 1. The first kappa shape index (κ1) is 56.3. The number of benzene rings is 2. The summed E-state index contributed by atoms with van der Waals surface area (Å²) in [5.41, 5.74) is 2.83. The number of halogens is 1. The van der Waals surface area contributed by atoms with Gasteiger partial charge in [0.25, 0.3) is 17.4 Å². The van der Waals surface area contributed by atoms with Crippen LogP contribution in [0.25, 0.3) is 22.3 Å². The second-order valence-corrected chi connectivity index (χ2v) is 19.2. The number of pyridine rings is 2. The highest BCUT2D eigenvalue weighted by Gasteiger charge is 2.46. The number of anilines is 1. The molecule has 8 rings (SSSR count). The SMILES string of the molecule is CC[C@@]1(O)C(=O)OCc2c1cc1n(c2=O)Cc2c-1nc1cc(F)c(OC)cc1c2CN1CC[N+](C)(Cc2ccc(NC(=O)C(C)NC(=O)CCOCCOCCNC(=O)CCCN3C(=O)C=CC3=O)cc2)CC1.O=C[O-]. The maximum Gasteiger partial charge on any atom is 0.343 e.